The summed E-state index contributed by atoms with van der Waals surface area (Å²) in [5.74, 6) is 0.297. The molecule has 1 atom stereocenters. The maximum atomic E-state index is 12.6. The molecule has 9 nitrogen and oxygen atoms in total. The fourth-order valence-electron chi connectivity index (χ4n) is 3.58. The second-order valence-electron chi connectivity index (χ2n) is 9.39. The van der Waals surface area contributed by atoms with Gasteiger partial charge in [0.2, 0.25) is 5.91 Å². The van der Waals surface area contributed by atoms with Crippen molar-refractivity contribution in [3.05, 3.63) is 66.4 Å². The largest absolute Gasteiger partial charge is 0.394 e. The molecule has 0 spiro atoms. The van der Waals surface area contributed by atoms with Crippen molar-refractivity contribution in [1.82, 2.24) is 15.0 Å². The van der Waals surface area contributed by atoms with Crippen molar-refractivity contribution >= 4 is 23.3 Å². The highest BCUT2D eigenvalue weighted by molar-refractivity contribution is 6.03. The number of hydrogen-bond acceptors (Lipinski definition) is 7. The topological polar surface area (TPSA) is 149 Å². The molecule has 2 amide bonds. The lowest BCUT2D eigenvalue weighted by Crippen LogP contribution is -2.28. The standard InChI is InChI=1S/C27H31N7O2/c1-15(2)22(28)11-23(29)27(36)33-20-10-21(16(3)30-13-20)18-5-4-6-19(9-18)24-12-25(32-14-31-24)34-26(35)17-7-8-17/h4-6,9-15,17,22H,7-8,28-29H2,1-3H3,(H,33,36)(H,31,32,34,35)/b23-11-. The molecule has 1 unspecified atom stereocenters. The molecule has 1 aliphatic carbocycles. The van der Waals surface area contributed by atoms with Crippen LogP contribution in [0.2, 0.25) is 0 Å². The highest BCUT2D eigenvalue weighted by atomic mass is 16.2. The molecule has 0 radical (unpaired) electrons. The number of carbonyl (C=O) groups is 2. The Morgan fingerprint density at radius 3 is 2.53 bits per heavy atom. The summed E-state index contributed by atoms with van der Waals surface area (Å²) in [7, 11) is 0. The third kappa shape index (κ3) is 6.11. The lowest BCUT2D eigenvalue weighted by molar-refractivity contribution is -0.117. The van der Waals surface area contributed by atoms with Crippen LogP contribution < -0.4 is 22.1 Å². The highest BCUT2D eigenvalue weighted by Crippen LogP contribution is 2.31. The summed E-state index contributed by atoms with van der Waals surface area (Å²) in [5, 5.41) is 5.66. The minimum atomic E-state index is -0.432. The van der Waals surface area contributed by atoms with Gasteiger partial charge in [-0.05, 0) is 49.5 Å². The molecular formula is C27H31N7O2. The van der Waals surface area contributed by atoms with Gasteiger partial charge in [0.25, 0.3) is 5.91 Å². The Balaban J connectivity index is 1.56. The molecular weight excluding hydrogens is 454 g/mol. The van der Waals surface area contributed by atoms with Gasteiger partial charge in [-0.25, -0.2) is 9.97 Å². The maximum Gasteiger partial charge on any atom is 0.271 e. The van der Waals surface area contributed by atoms with E-state index in [-0.39, 0.29) is 29.5 Å². The van der Waals surface area contributed by atoms with Gasteiger partial charge in [-0.3, -0.25) is 14.6 Å². The van der Waals surface area contributed by atoms with Crippen LogP contribution in [0.5, 0.6) is 0 Å². The summed E-state index contributed by atoms with van der Waals surface area (Å²) >= 11 is 0. The van der Waals surface area contributed by atoms with E-state index in [2.05, 4.69) is 25.6 Å². The van der Waals surface area contributed by atoms with E-state index in [1.165, 1.54) is 6.33 Å². The Bertz CT molecular complexity index is 1310. The molecule has 186 valence electrons. The Hall–Kier alpha value is -4.11. The zero-order valence-corrected chi connectivity index (χ0v) is 20.7. The second-order valence-corrected chi connectivity index (χ2v) is 9.39. The summed E-state index contributed by atoms with van der Waals surface area (Å²) in [5.41, 5.74) is 16.6. The molecule has 0 saturated heterocycles. The molecule has 3 aromatic rings. The van der Waals surface area contributed by atoms with Crippen LogP contribution in [0.3, 0.4) is 0 Å². The first-order valence-corrected chi connectivity index (χ1v) is 12.0. The predicted molar refractivity (Wildman–Crippen MR) is 141 cm³/mol. The zero-order valence-electron chi connectivity index (χ0n) is 20.7. The first-order valence-electron chi connectivity index (χ1n) is 12.0. The number of aryl methyl sites for hydroxylation is 1. The van der Waals surface area contributed by atoms with Crippen LogP contribution in [0.4, 0.5) is 11.5 Å². The number of hydrogen-bond donors (Lipinski definition) is 4. The lowest BCUT2D eigenvalue weighted by atomic mass is 10.00. The Kier molecular flexibility index (Phi) is 7.40. The van der Waals surface area contributed by atoms with Crippen LogP contribution >= 0.6 is 0 Å². The molecule has 1 saturated carbocycles. The number of pyridine rings is 1. The quantitative estimate of drug-likeness (QED) is 0.356. The molecule has 0 bridgehead atoms. The number of nitrogens with zero attached hydrogens (tertiary/aromatic N) is 3. The summed E-state index contributed by atoms with van der Waals surface area (Å²) in [6.07, 6.45) is 6.45. The maximum absolute atomic E-state index is 12.6. The van der Waals surface area contributed by atoms with Crippen molar-refractivity contribution in [2.75, 3.05) is 10.6 Å². The van der Waals surface area contributed by atoms with Gasteiger partial charge in [0.15, 0.2) is 0 Å². The molecule has 9 heteroatoms. The van der Waals surface area contributed by atoms with E-state index >= 15 is 0 Å². The molecule has 4 rings (SSSR count). The Morgan fingerprint density at radius 1 is 1.06 bits per heavy atom. The van der Waals surface area contributed by atoms with E-state index in [4.69, 9.17) is 11.5 Å². The van der Waals surface area contributed by atoms with E-state index < -0.39 is 5.91 Å². The SMILES string of the molecule is Cc1ncc(NC(=O)/C(N)=C/C(N)C(C)C)cc1-c1cccc(-c2cc(NC(=O)C3CC3)ncn2)c1. The third-order valence-electron chi connectivity index (χ3n) is 6.08. The summed E-state index contributed by atoms with van der Waals surface area (Å²) in [6.45, 7) is 5.83. The normalized spacial score (nSPS) is 14.4. The molecule has 1 aliphatic rings. The molecule has 2 aromatic heterocycles. The molecule has 0 aliphatic heterocycles. The number of nitrogens with two attached hydrogens (primary N) is 2. The summed E-state index contributed by atoms with van der Waals surface area (Å²) in [6, 6.07) is 11.1. The van der Waals surface area contributed by atoms with Crippen LogP contribution in [0.25, 0.3) is 22.4 Å². The van der Waals surface area contributed by atoms with Crippen molar-refractivity contribution < 1.29 is 9.59 Å². The van der Waals surface area contributed by atoms with Crippen molar-refractivity contribution in [2.24, 2.45) is 23.3 Å². The van der Waals surface area contributed by atoms with Crippen molar-refractivity contribution in [3.63, 3.8) is 0 Å². The van der Waals surface area contributed by atoms with E-state index in [9.17, 15) is 9.59 Å². The number of anilines is 2. The van der Waals surface area contributed by atoms with Gasteiger partial charge in [-0.2, -0.15) is 0 Å². The average Bonchev–Trinajstić information content (AvgIpc) is 3.71. The number of amides is 2. The first-order chi connectivity index (χ1) is 17.2. The van der Waals surface area contributed by atoms with Crippen LogP contribution in [0.15, 0.2) is 60.7 Å². The van der Waals surface area contributed by atoms with Gasteiger partial charge < -0.3 is 22.1 Å². The van der Waals surface area contributed by atoms with E-state index in [1.807, 2.05) is 51.1 Å². The second kappa shape index (κ2) is 10.7. The van der Waals surface area contributed by atoms with E-state index in [0.29, 0.717) is 17.2 Å². The molecule has 36 heavy (non-hydrogen) atoms. The molecule has 1 aromatic carbocycles. The Labute approximate surface area is 210 Å². The van der Waals surface area contributed by atoms with Crippen LogP contribution in [0, 0.1) is 18.8 Å². The monoisotopic (exact) mass is 485 g/mol. The van der Waals surface area contributed by atoms with Crippen molar-refractivity contribution in [3.8, 4) is 22.4 Å². The fourth-order valence-corrected chi connectivity index (χ4v) is 3.58. The van der Waals surface area contributed by atoms with Gasteiger partial charge in [0.1, 0.15) is 12.1 Å². The lowest BCUT2D eigenvalue weighted by Gasteiger charge is -2.13. The number of nitrogens with one attached hydrogen (secondary N) is 2. The number of benzene rings is 1. The van der Waals surface area contributed by atoms with Gasteiger partial charge >= 0.3 is 0 Å². The zero-order chi connectivity index (χ0) is 25.8. The average molecular weight is 486 g/mol. The van der Waals surface area contributed by atoms with Crippen molar-refractivity contribution in [1.29, 1.82) is 0 Å². The van der Waals surface area contributed by atoms with Crippen LogP contribution in [-0.4, -0.2) is 32.8 Å². The van der Waals surface area contributed by atoms with Gasteiger partial charge in [0.05, 0.1) is 23.3 Å². The summed E-state index contributed by atoms with van der Waals surface area (Å²) < 4.78 is 0. The first kappa shape index (κ1) is 25.0. The summed E-state index contributed by atoms with van der Waals surface area (Å²) in [4.78, 5) is 37.7. The highest BCUT2D eigenvalue weighted by Gasteiger charge is 2.29. The van der Waals surface area contributed by atoms with Gasteiger partial charge in [-0.15, -0.1) is 0 Å². The van der Waals surface area contributed by atoms with Crippen molar-refractivity contribution in [2.45, 2.75) is 39.7 Å². The van der Waals surface area contributed by atoms with E-state index in [0.717, 1.165) is 35.2 Å². The minimum Gasteiger partial charge on any atom is -0.394 e. The molecule has 1 fully saturated rings. The smallest absolute Gasteiger partial charge is 0.271 e. The van der Waals surface area contributed by atoms with E-state index in [1.54, 1.807) is 18.3 Å². The van der Waals surface area contributed by atoms with Crippen LogP contribution in [-0.2, 0) is 9.59 Å². The number of rotatable bonds is 8. The number of carbonyl (C=O) groups excluding carboxylic acids is 2. The fraction of sp³-hybridized carbons (Fsp3) is 0.296. The predicted octanol–water partition coefficient (Wildman–Crippen LogP) is 3.63. The third-order valence-corrected chi connectivity index (χ3v) is 6.08. The van der Waals surface area contributed by atoms with Crippen LogP contribution in [0.1, 0.15) is 32.4 Å². The molecule has 2 heterocycles. The minimum absolute atomic E-state index is 0.00404. The van der Waals surface area contributed by atoms with Gasteiger partial charge in [-0.1, -0.05) is 32.0 Å². The van der Waals surface area contributed by atoms with Gasteiger partial charge in [0, 0.05) is 34.8 Å². The number of aromatic nitrogens is 3. The Morgan fingerprint density at radius 2 is 1.81 bits per heavy atom. The molecule has 6 N–H and O–H groups in total.